The largest absolute Gasteiger partial charge is 0.396 e. The molecule has 1 aromatic rings. The van der Waals surface area contributed by atoms with Gasteiger partial charge in [-0.15, -0.1) is 0 Å². The van der Waals surface area contributed by atoms with Crippen LogP contribution in [0.3, 0.4) is 0 Å². The summed E-state index contributed by atoms with van der Waals surface area (Å²) >= 11 is 0. The topological polar surface area (TPSA) is 60.1 Å². The first-order chi connectivity index (χ1) is 8.74. The van der Waals surface area contributed by atoms with Gasteiger partial charge in [0.1, 0.15) is 11.9 Å². The zero-order valence-corrected chi connectivity index (χ0v) is 10.8. The van der Waals surface area contributed by atoms with Gasteiger partial charge in [0.05, 0.1) is 12.2 Å². The summed E-state index contributed by atoms with van der Waals surface area (Å²) in [4.78, 5) is 6.47. The molecule has 1 atom stereocenters. The van der Waals surface area contributed by atoms with Gasteiger partial charge in [0, 0.05) is 24.7 Å². The Balaban J connectivity index is 2.26. The zero-order valence-electron chi connectivity index (χ0n) is 10.8. The number of nitriles is 1. The van der Waals surface area contributed by atoms with Crippen molar-refractivity contribution in [2.75, 3.05) is 24.6 Å². The molecule has 1 aromatic heterocycles. The van der Waals surface area contributed by atoms with Crippen molar-refractivity contribution in [2.24, 2.45) is 5.41 Å². The molecule has 96 valence electrons. The van der Waals surface area contributed by atoms with Crippen LogP contribution in [0.4, 0.5) is 5.82 Å². The molecule has 0 aliphatic carbocycles. The van der Waals surface area contributed by atoms with E-state index in [0.717, 1.165) is 38.2 Å². The highest BCUT2D eigenvalue weighted by molar-refractivity contribution is 5.53. The first kappa shape index (κ1) is 12.8. The molecule has 1 N–H and O–H groups in total. The van der Waals surface area contributed by atoms with Gasteiger partial charge >= 0.3 is 0 Å². The molecule has 0 spiro atoms. The Morgan fingerprint density at radius 3 is 3.11 bits per heavy atom. The lowest BCUT2D eigenvalue weighted by atomic mass is 9.78. The van der Waals surface area contributed by atoms with E-state index in [0.29, 0.717) is 5.56 Å². The molecule has 1 aliphatic heterocycles. The Bertz CT molecular complexity index is 449. The third-order valence-corrected chi connectivity index (χ3v) is 3.95. The summed E-state index contributed by atoms with van der Waals surface area (Å²) in [6.07, 6.45) is 4.76. The molecule has 2 rings (SSSR count). The normalized spacial score (nSPS) is 23.7. The number of nitrogens with zero attached hydrogens (tertiary/aromatic N) is 3. The van der Waals surface area contributed by atoms with Crippen molar-refractivity contribution in [3.05, 3.63) is 23.9 Å². The minimum atomic E-state index is -0.0392. The maximum atomic E-state index is 9.62. The van der Waals surface area contributed by atoms with E-state index >= 15 is 0 Å². The smallest absolute Gasteiger partial charge is 0.146 e. The second-order valence-corrected chi connectivity index (χ2v) is 5.02. The van der Waals surface area contributed by atoms with E-state index in [1.807, 2.05) is 0 Å². The molecule has 4 heteroatoms. The summed E-state index contributed by atoms with van der Waals surface area (Å²) in [5.74, 6) is 0.756. The molecule has 0 radical (unpaired) electrons. The predicted molar refractivity (Wildman–Crippen MR) is 70.2 cm³/mol. The highest BCUT2D eigenvalue weighted by Gasteiger charge is 2.34. The maximum absolute atomic E-state index is 9.62. The van der Waals surface area contributed by atoms with Crippen LogP contribution < -0.4 is 4.90 Å². The van der Waals surface area contributed by atoms with Crippen LogP contribution in [0.15, 0.2) is 18.3 Å². The average Bonchev–Trinajstić information content (AvgIpc) is 2.47. The monoisotopic (exact) mass is 245 g/mol. The number of rotatable bonds is 3. The number of pyridine rings is 1. The predicted octanol–water partition coefficient (Wildman–Crippen LogP) is 1.94. The molecule has 1 fully saturated rings. The Morgan fingerprint density at radius 2 is 2.44 bits per heavy atom. The van der Waals surface area contributed by atoms with E-state index in [4.69, 9.17) is 5.26 Å². The van der Waals surface area contributed by atoms with E-state index in [2.05, 4.69) is 22.9 Å². The molecule has 0 aromatic carbocycles. The second-order valence-electron chi connectivity index (χ2n) is 5.02. The second kappa shape index (κ2) is 5.36. The number of hydrogen-bond acceptors (Lipinski definition) is 4. The molecular weight excluding hydrogens is 226 g/mol. The molecule has 4 nitrogen and oxygen atoms in total. The number of hydrogen-bond donors (Lipinski definition) is 1. The molecule has 2 heterocycles. The Morgan fingerprint density at radius 1 is 1.61 bits per heavy atom. The lowest BCUT2D eigenvalue weighted by molar-refractivity contribution is 0.101. The molecule has 1 saturated heterocycles. The van der Waals surface area contributed by atoms with Gasteiger partial charge in [0.25, 0.3) is 0 Å². The average molecular weight is 245 g/mol. The lowest BCUT2D eigenvalue weighted by Gasteiger charge is -2.42. The van der Waals surface area contributed by atoms with E-state index in [1.54, 1.807) is 18.3 Å². The van der Waals surface area contributed by atoms with E-state index in [9.17, 15) is 5.11 Å². The fourth-order valence-electron chi connectivity index (χ4n) is 2.65. The summed E-state index contributed by atoms with van der Waals surface area (Å²) < 4.78 is 0. The third kappa shape index (κ3) is 2.32. The summed E-state index contributed by atoms with van der Waals surface area (Å²) in [6.45, 7) is 4.01. The van der Waals surface area contributed by atoms with Crippen LogP contribution in [0.2, 0.25) is 0 Å². The standard InChI is InChI=1S/C14H19N3O/c1-2-14(11-18)6-4-8-17(10-14)13-12(9-15)5-3-7-16-13/h3,5,7,18H,2,4,6,8,10-11H2,1H3/t14-/m1/s1. The first-order valence-corrected chi connectivity index (χ1v) is 6.45. The number of aliphatic hydroxyl groups excluding tert-OH is 1. The maximum Gasteiger partial charge on any atom is 0.146 e. The number of anilines is 1. The van der Waals surface area contributed by atoms with Gasteiger partial charge in [0.2, 0.25) is 0 Å². The molecule has 0 unspecified atom stereocenters. The third-order valence-electron chi connectivity index (χ3n) is 3.95. The van der Waals surface area contributed by atoms with Crippen molar-refractivity contribution in [1.29, 1.82) is 5.26 Å². The van der Waals surface area contributed by atoms with Crippen molar-refractivity contribution in [2.45, 2.75) is 26.2 Å². The highest BCUT2D eigenvalue weighted by Crippen LogP contribution is 2.35. The minimum absolute atomic E-state index is 0.0392. The number of piperidine rings is 1. The SMILES string of the molecule is CC[C@@]1(CO)CCCN(c2ncccc2C#N)C1. The minimum Gasteiger partial charge on any atom is -0.396 e. The van der Waals surface area contributed by atoms with Gasteiger partial charge in [-0.1, -0.05) is 6.92 Å². The van der Waals surface area contributed by atoms with Gasteiger partial charge in [-0.2, -0.15) is 5.26 Å². The number of aromatic nitrogens is 1. The molecule has 18 heavy (non-hydrogen) atoms. The van der Waals surface area contributed by atoms with Crippen molar-refractivity contribution in [3.63, 3.8) is 0 Å². The molecule has 0 saturated carbocycles. The summed E-state index contributed by atoms with van der Waals surface area (Å²) in [5.41, 5.74) is 0.574. The van der Waals surface area contributed by atoms with Crippen LogP contribution in [-0.2, 0) is 0 Å². The van der Waals surface area contributed by atoms with Gasteiger partial charge in [0.15, 0.2) is 0 Å². The Hall–Kier alpha value is -1.60. The highest BCUT2D eigenvalue weighted by atomic mass is 16.3. The summed E-state index contributed by atoms with van der Waals surface area (Å²) in [6, 6.07) is 5.77. The Kier molecular flexibility index (Phi) is 3.83. The molecule has 0 bridgehead atoms. The van der Waals surface area contributed by atoms with Crippen LogP contribution in [0.1, 0.15) is 31.7 Å². The zero-order chi connectivity index (χ0) is 13.0. The number of aliphatic hydroxyl groups is 1. The first-order valence-electron chi connectivity index (χ1n) is 6.45. The molecular formula is C14H19N3O. The van der Waals surface area contributed by atoms with Crippen molar-refractivity contribution in [1.82, 2.24) is 4.98 Å². The van der Waals surface area contributed by atoms with Crippen LogP contribution in [0.5, 0.6) is 0 Å². The fourth-order valence-corrected chi connectivity index (χ4v) is 2.65. The van der Waals surface area contributed by atoms with Crippen molar-refractivity contribution < 1.29 is 5.11 Å². The van der Waals surface area contributed by atoms with Crippen LogP contribution >= 0.6 is 0 Å². The van der Waals surface area contributed by atoms with Gasteiger partial charge < -0.3 is 10.0 Å². The summed E-state index contributed by atoms with van der Waals surface area (Å²) in [7, 11) is 0. The van der Waals surface area contributed by atoms with Gasteiger partial charge in [-0.05, 0) is 31.4 Å². The van der Waals surface area contributed by atoms with E-state index in [1.165, 1.54) is 0 Å². The van der Waals surface area contributed by atoms with Gasteiger partial charge in [-0.3, -0.25) is 0 Å². The fraction of sp³-hybridized carbons (Fsp3) is 0.571. The van der Waals surface area contributed by atoms with Crippen molar-refractivity contribution >= 4 is 5.82 Å². The van der Waals surface area contributed by atoms with E-state index < -0.39 is 0 Å². The van der Waals surface area contributed by atoms with Crippen LogP contribution in [-0.4, -0.2) is 29.8 Å². The van der Waals surface area contributed by atoms with E-state index in [-0.39, 0.29) is 12.0 Å². The van der Waals surface area contributed by atoms with Gasteiger partial charge in [-0.25, -0.2) is 4.98 Å². The summed E-state index contributed by atoms with van der Waals surface area (Å²) in [5, 5.41) is 18.7. The van der Waals surface area contributed by atoms with Crippen LogP contribution in [0.25, 0.3) is 0 Å². The molecule has 0 amide bonds. The molecule has 1 aliphatic rings. The van der Waals surface area contributed by atoms with Crippen LogP contribution in [0, 0.1) is 16.7 Å². The Labute approximate surface area is 108 Å². The quantitative estimate of drug-likeness (QED) is 0.884. The van der Waals surface area contributed by atoms with Crippen molar-refractivity contribution in [3.8, 4) is 6.07 Å². The lowest BCUT2D eigenvalue weighted by Crippen LogP contribution is -2.45.